The molecule has 42 heavy (non-hydrogen) atoms. The van der Waals surface area contributed by atoms with Crippen molar-refractivity contribution in [1.29, 1.82) is 0 Å². The molecule has 3 rings (SSSR count). The lowest BCUT2D eigenvalue weighted by Gasteiger charge is -2.12. The summed E-state index contributed by atoms with van der Waals surface area (Å²) in [7, 11) is -3.96. The maximum atomic E-state index is 13.5. The fourth-order valence-corrected chi connectivity index (χ4v) is 6.88. The summed E-state index contributed by atoms with van der Waals surface area (Å²) < 4.78 is 33.7. The van der Waals surface area contributed by atoms with Crippen LogP contribution in [0.2, 0.25) is 0 Å². The smallest absolute Gasteiger partial charge is 0.333 e. The number of rotatable bonds is 22. The number of aromatic nitrogens is 2. The Balaban J connectivity index is 1.32. The summed E-state index contributed by atoms with van der Waals surface area (Å²) >= 11 is 0. The van der Waals surface area contributed by atoms with E-state index in [0.717, 1.165) is 24.6 Å². The SMILES string of the molecule is C=C(Cc1cc2ccccc2n1S(=O)(=O)c1ccccn1)C(=O)OCCCCCCCCCCCCCCCCCC. The molecule has 0 radical (unpaired) electrons. The number of nitrogens with zero attached hydrogens (tertiary/aromatic N) is 2. The number of ether oxygens (including phenoxy) is 1. The molecule has 0 unspecified atom stereocenters. The first-order valence-electron chi connectivity index (χ1n) is 16.1. The maximum absolute atomic E-state index is 13.5. The van der Waals surface area contributed by atoms with Gasteiger partial charge in [0, 0.05) is 29.3 Å². The van der Waals surface area contributed by atoms with Crippen molar-refractivity contribution in [3.8, 4) is 0 Å². The Morgan fingerprint density at radius 3 is 1.90 bits per heavy atom. The van der Waals surface area contributed by atoms with Crippen molar-refractivity contribution in [3.05, 3.63) is 72.6 Å². The van der Waals surface area contributed by atoms with Gasteiger partial charge in [-0.3, -0.25) is 0 Å². The van der Waals surface area contributed by atoms with Crippen molar-refractivity contribution >= 4 is 26.9 Å². The highest BCUT2D eigenvalue weighted by molar-refractivity contribution is 7.90. The monoisotopic (exact) mass is 594 g/mol. The molecule has 1 aromatic carbocycles. The fraction of sp³-hybridized carbons (Fsp3) is 0.543. The molecule has 0 spiro atoms. The lowest BCUT2D eigenvalue weighted by molar-refractivity contribution is -0.139. The van der Waals surface area contributed by atoms with Gasteiger partial charge in [-0.1, -0.05) is 134 Å². The largest absolute Gasteiger partial charge is 0.462 e. The molecular formula is C35H50N2O4S. The number of para-hydroxylation sites is 1. The summed E-state index contributed by atoms with van der Waals surface area (Å²) in [6.07, 6.45) is 22.2. The zero-order chi connectivity index (χ0) is 30.0. The van der Waals surface area contributed by atoms with Crippen LogP contribution in [0.5, 0.6) is 0 Å². The van der Waals surface area contributed by atoms with E-state index < -0.39 is 16.0 Å². The van der Waals surface area contributed by atoms with Crippen LogP contribution in [0.1, 0.15) is 115 Å². The molecule has 0 fully saturated rings. The predicted molar refractivity (Wildman–Crippen MR) is 172 cm³/mol. The first-order valence-corrected chi connectivity index (χ1v) is 17.5. The third-order valence-corrected chi connectivity index (χ3v) is 9.48. The van der Waals surface area contributed by atoms with Gasteiger partial charge < -0.3 is 4.74 Å². The molecule has 3 aromatic rings. The molecule has 0 saturated carbocycles. The second kappa shape index (κ2) is 18.6. The zero-order valence-electron chi connectivity index (χ0n) is 25.6. The summed E-state index contributed by atoms with van der Waals surface area (Å²) in [5.41, 5.74) is 1.21. The average molecular weight is 595 g/mol. The number of carbonyl (C=O) groups is 1. The molecule has 0 bridgehead atoms. The third kappa shape index (κ3) is 10.7. The lowest BCUT2D eigenvalue weighted by atomic mass is 10.0. The Morgan fingerprint density at radius 1 is 0.786 bits per heavy atom. The molecule has 0 N–H and O–H groups in total. The molecule has 230 valence electrons. The number of unbranched alkanes of at least 4 members (excludes halogenated alkanes) is 15. The second-order valence-corrected chi connectivity index (χ2v) is 13.1. The molecular weight excluding hydrogens is 544 g/mol. The molecule has 7 heteroatoms. The van der Waals surface area contributed by atoms with Gasteiger partial charge in [0.2, 0.25) is 0 Å². The Labute approximate surface area is 253 Å². The minimum absolute atomic E-state index is 0.0516. The van der Waals surface area contributed by atoms with E-state index in [1.54, 1.807) is 30.3 Å². The van der Waals surface area contributed by atoms with E-state index in [0.29, 0.717) is 17.8 Å². The topological polar surface area (TPSA) is 78.3 Å². The van der Waals surface area contributed by atoms with Crippen molar-refractivity contribution in [2.45, 2.75) is 121 Å². The summed E-state index contributed by atoms with van der Waals surface area (Å²) in [5.74, 6) is -0.483. The first kappa shape index (κ1) is 33.6. The van der Waals surface area contributed by atoms with Crippen LogP contribution in [0.4, 0.5) is 0 Å². The van der Waals surface area contributed by atoms with Gasteiger partial charge in [0.1, 0.15) is 0 Å². The van der Waals surface area contributed by atoms with Crippen LogP contribution >= 0.6 is 0 Å². The number of hydrogen-bond donors (Lipinski definition) is 0. The molecule has 0 atom stereocenters. The number of carbonyl (C=O) groups excluding carboxylic acids is 1. The highest BCUT2D eigenvalue weighted by atomic mass is 32.2. The highest BCUT2D eigenvalue weighted by Crippen LogP contribution is 2.26. The molecule has 0 saturated heterocycles. The molecule has 0 aliphatic heterocycles. The summed E-state index contributed by atoms with van der Waals surface area (Å²) in [5, 5.41) is 0.714. The molecule has 6 nitrogen and oxygen atoms in total. The van der Waals surface area contributed by atoms with Gasteiger partial charge in [0.25, 0.3) is 10.0 Å². The van der Waals surface area contributed by atoms with Crippen LogP contribution < -0.4 is 0 Å². The van der Waals surface area contributed by atoms with Crippen LogP contribution in [0.3, 0.4) is 0 Å². The quantitative estimate of drug-likeness (QED) is 0.0658. The van der Waals surface area contributed by atoms with E-state index in [2.05, 4.69) is 18.5 Å². The number of benzene rings is 1. The number of pyridine rings is 1. The van der Waals surface area contributed by atoms with Crippen LogP contribution in [0, 0.1) is 0 Å². The van der Waals surface area contributed by atoms with Crippen LogP contribution in [-0.4, -0.2) is 30.0 Å². The van der Waals surface area contributed by atoms with Crippen molar-refractivity contribution in [3.63, 3.8) is 0 Å². The van der Waals surface area contributed by atoms with E-state index in [1.165, 1.54) is 99.7 Å². The zero-order valence-corrected chi connectivity index (χ0v) is 26.4. The average Bonchev–Trinajstić information content (AvgIpc) is 3.37. The Hall–Kier alpha value is -2.93. The minimum atomic E-state index is -3.96. The van der Waals surface area contributed by atoms with Crippen molar-refractivity contribution < 1.29 is 17.9 Å². The fourth-order valence-electron chi connectivity index (χ4n) is 5.40. The minimum Gasteiger partial charge on any atom is -0.462 e. The molecule has 2 heterocycles. The van der Waals surface area contributed by atoms with Crippen molar-refractivity contribution in [2.24, 2.45) is 0 Å². The molecule has 0 aliphatic rings. The van der Waals surface area contributed by atoms with Gasteiger partial charge in [-0.15, -0.1) is 0 Å². The summed E-state index contributed by atoms with van der Waals surface area (Å²) in [6, 6.07) is 13.8. The Bertz CT molecular complexity index is 1330. The standard InChI is InChI=1S/C35H50N2O4S/c1-3-4-5-6-7-8-9-10-11-12-13-14-15-16-17-22-27-41-35(38)30(2)28-32-29-31-23-18-19-24-33(31)37(32)42(39,40)34-25-20-21-26-36-34/h18-21,23-26,29H,2-17,22,27-28H2,1H3. The van der Waals surface area contributed by atoms with Crippen molar-refractivity contribution in [1.82, 2.24) is 8.96 Å². The predicted octanol–water partition coefficient (Wildman–Crippen LogP) is 9.18. The normalized spacial score (nSPS) is 11.6. The number of fused-ring (bicyclic) bond motifs is 1. The van der Waals surface area contributed by atoms with E-state index in [4.69, 9.17) is 4.74 Å². The van der Waals surface area contributed by atoms with Crippen LogP contribution in [-0.2, 0) is 26.0 Å². The second-order valence-electron chi connectivity index (χ2n) is 11.4. The van der Waals surface area contributed by atoms with E-state index in [9.17, 15) is 13.2 Å². The van der Waals surface area contributed by atoms with Gasteiger partial charge >= 0.3 is 5.97 Å². The molecule has 0 aliphatic carbocycles. The number of hydrogen-bond acceptors (Lipinski definition) is 5. The lowest BCUT2D eigenvalue weighted by Crippen LogP contribution is -2.18. The maximum Gasteiger partial charge on any atom is 0.333 e. The first-order chi connectivity index (χ1) is 20.4. The molecule has 2 aromatic heterocycles. The van der Waals surface area contributed by atoms with E-state index in [-0.39, 0.29) is 17.0 Å². The van der Waals surface area contributed by atoms with E-state index >= 15 is 0 Å². The highest BCUT2D eigenvalue weighted by Gasteiger charge is 2.25. The summed E-state index contributed by atoms with van der Waals surface area (Å²) in [4.78, 5) is 16.7. The van der Waals surface area contributed by atoms with Gasteiger partial charge in [0.05, 0.1) is 12.1 Å². The van der Waals surface area contributed by atoms with Gasteiger partial charge in [0.15, 0.2) is 5.03 Å². The summed E-state index contributed by atoms with van der Waals surface area (Å²) in [6.45, 7) is 6.53. The van der Waals surface area contributed by atoms with Crippen LogP contribution in [0.15, 0.2) is 71.9 Å². The Kier molecular flexibility index (Phi) is 14.8. The van der Waals surface area contributed by atoms with Gasteiger partial charge in [-0.2, -0.15) is 8.42 Å². The van der Waals surface area contributed by atoms with Gasteiger partial charge in [-0.05, 0) is 30.7 Å². The van der Waals surface area contributed by atoms with Gasteiger partial charge in [-0.25, -0.2) is 13.8 Å². The van der Waals surface area contributed by atoms with Crippen molar-refractivity contribution in [2.75, 3.05) is 6.61 Å². The molecule has 0 amide bonds. The van der Waals surface area contributed by atoms with E-state index in [1.807, 2.05) is 12.1 Å². The van der Waals surface area contributed by atoms with Crippen LogP contribution in [0.25, 0.3) is 10.9 Å². The number of esters is 1. The Morgan fingerprint density at radius 2 is 1.33 bits per heavy atom. The third-order valence-electron chi connectivity index (χ3n) is 7.80.